The molecule has 4 rings (SSSR count). The lowest BCUT2D eigenvalue weighted by Gasteiger charge is -2.03. The summed E-state index contributed by atoms with van der Waals surface area (Å²) in [5.41, 5.74) is 6.46. The lowest BCUT2D eigenvalue weighted by Crippen LogP contribution is -2.11. The second kappa shape index (κ2) is 6.34. The lowest BCUT2D eigenvalue weighted by atomic mass is 10.1. The highest BCUT2D eigenvalue weighted by molar-refractivity contribution is 7.14. The van der Waals surface area contributed by atoms with Gasteiger partial charge in [0.15, 0.2) is 5.13 Å². The average Bonchev–Trinajstić information content (AvgIpc) is 3.25. The summed E-state index contributed by atoms with van der Waals surface area (Å²) in [5.74, 6) is -0.198. The SMILES string of the molecule is Cc1ccc(-c2csc(NC(=O)c3ccc4nsnc4c3)n2)cc1C. The maximum absolute atomic E-state index is 12.4. The number of amides is 1. The van der Waals surface area contributed by atoms with E-state index in [1.165, 1.54) is 22.5 Å². The Morgan fingerprint density at radius 2 is 1.84 bits per heavy atom. The second-order valence-electron chi connectivity index (χ2n) is 5.76. The van der Waals surface area contributed by atoms with Gasteiger partial charge in [0.05, 0.1) is 17.4 Å². The molecule has 0 unspecified atom stereocenters. The Labute approximate surface area is 152 Å². The zero-order valence-electron chi connectivity index (χ0n) is 13.6. The number of carbonyl (C=O) groups is 1. The number of aryl methyl sites for hydroxylation is 2. The molecular formula is C18H14N4OS2. The van der Waals surface area contributed by atoms with Gasteiger partial charge in [-0.25, -0.2) is 4.98 Å². The number of nitrogens with one attached hydrogen (secondary N) is 1. The second-order valence-corrected chi connectivity index (χ2v) is 7.15. The van der Waals surface area contributed by atoms with Gasteiger partial charge in [-0.05, 0) is 49.2 Å². The molecule has 2 heterocycles. The van der Waals surface area contributed by atoms with E-state index in [1.807, 2.05) is 11.4 Å². The molecule has 0 radical (unpaired) electrons. The van der Waals surface area contributed by atoms with Gasteiger partial charge in [-0.15, -0.1) is 11.3 Å². The molecule has 7 heteroatoms. The van der Waals surface area contributed by atoms with Crippen molar-refractivity contribution in [3.8, 4) is 11.3 Å². The molecule has 0 saturated heterocycles. The summed E-state index contributed by atoms with van der Waals surface area (Å²) < 4.78 is 8.31. The molecule has 124 valence electrons. The van der Waals surface area contributed by atoms with Crippen molar-refractivity contribution in [1.82, 2.24) is 13.7 Å². The zero-order valence-corrected chi connectivity index (χ0v) is 15.2. The predicted octanol–water partition coefficient (Wildman–Crippen LogP) is 4.68. The molecule has 0 spiro atoms. The van der Waals surface area contributed by atoms with Gasteiger partial charge in [0.25, 0.3) is 5.91 Å². The van der Waals surface area contributed by atoms with Crippen molar-refractivity contribution in [3.63, 3.8) is 0 Å². The van der Waals surface area contributed by atoms with E-state index in [9.17, 15) is 4.79 Å². The number of fused-ring (bicyclic) bond motifs is 1. The van der Waals surface area contributed by atoms with Gasteiger partial charge in [0.1, 0.15) is 11.0 Å². The van der Waals surface area contributed by atoms with Crippen LogP contribution in [0.25, 0.3) is 22.3 Å². The van der Waals surface area contributed by atoms with E-state index in [2.05, 4.69) is 45.0 Å². The van der Waals surface area contributed by atoms with Crippen LogP contribution in [0, 0.1) is 13.8 Å². The molecular weight excluding hydrogens is 352 g/mol. The van der Waals surface area contributed by atoms with E-state index in [4.69, 9.17) is 0 Å². The summed E-state index contributed by atoms with van der Waals surface area (Å²) in [6, 6.07) is 11.5. The van der Waals surface area contributed by atoms with Crippen LogP contribution in [0.2, 0.25) is 0 Å². The van der Waals surface area contributed by atoms with Crippen molar-refractivity contribution < 1.29 is 4.79 Å². The van der Waals surface area contributed by atoms with Gasteiger partial charge in [-0.1, -0.05) is 12.1 Å². The molecule has 0 aliphatic rings. The van der Waals surface area contributed by atoms with E-state index in [-0.39, 0.29) is 5.91 Å². The number of thiazole rings is 1. The number of rotatable bonds is 3. The first-order valence-electron chi connectivity index (χ1n) is 7.67. The van der Waals surface area contributed by atoms with E-state index >= 15 is 0 Å². The Balaban J connectivity index is 1.55. The fourth-order valence-electron chi connectivity index (χ4n) is 2.46. The Morgan fingerprint density at radius 1 is 1.00 bits per heavy atom. The van der Waals surface area contributed by atoms with Gasteiger partial charge >= 0.3 is 0 Å². The highest BCUT2D eigenvalue weighted by Crippen LogP contribution is 2.27. The molecule has 25 heavy (non-hydrogen) atoms. The van der Waals surface area contributed by atoms with Gasteiger partial charge in [-0.2, -0.15) is 8.75 Å². The van der Waals surface area contributed by atoms with Crippen LogP contribution in [0.4, 0.5) is 5.13 Å². The summed E-state index contributed by atoms with van der Waals surface area (Å²) in [6.07, 6.45) is 0. The Morgan fingerprint density at radius 3 is 2.68 bits per heavy atom. The van der Waals surface area contributed by atoms with Crippen molar-refractivity contribution in [2.45, 2.75) is 13.8 Å². The third-order valence-corrected chi connectivity index (χ3v) is 5.36. The van der Waals surface area contributed by atoms with Crippen LogP contribution in [-0.2, 0) is 0 Å². The summed E-state index contributed by atoms with van der Waals surface area (Å²) in [7, 11) is 0. The first-order chi connectivity index (χ1) is 12.1. The standard InChI is InChI=1S/C18H14N4OS2/c1-10-3-4-12(7-11(10)2)16-9-24-18(19-16)20-17(23)13-5-6-14-15(8-13)22-25-21-14/h3-9H,1-2H3,(H,19,20,23). The molecule has 2 aromatic heterocycles. The zero-order chi connectivity index (χ0) is 17.4. The number of carbonyl (C=O) groups excluding carboxylic acids is 1. The smallest absolute Gasteiger partial charge is 0.257 e. The maximum atomic E-state index is 12.4. The molecule has 1 N–H and O–H groups in total. The first-order valence-corrected chi connectivity index (χ1v) is 9.28. The third-order valence-electron chi connectivity index (χ3n) is 4.04. The largest absolute Gasteiger partial charge is 0.298 e. The van der Waals surface area contributed by atoms with Crippen LogP contribution in [0.3, 0.4) is 0 Å². The monoisotopic (exact) mass is 366 g/mol. The number of benzene rings is 2. The van der Waals surface area contributed by atoms with Gasteiger partial charge in [0.2, 0.25) is 0 Å². The van der Waals surface area contributed by atoms with Crippen molar-refractivity contribution in [2.24, 2.45) is 0 Å². The van der Waals surface area contributed by atoms with Gasteiger partial charge < -0.3 is 0 Å². The molecule has 2 aromatic carbocycles. The quantitative estimate of drug-likeness (QED) is 0.571. The third kappa shape index (κ3) is 3.16. The van der Waals surface area contributed by atoms with Crippen LogP contribution in [0.15, 0.2) is 41.8 Å². The Hall–Kier alpha value is -2.64. The first kappa shape index (κ1) is 15.9. The molecule has 0 aliphatic heterocycles. The minimum atomic E-state index is -0.198. The molecule has 0 aliphatic carbocycles. The lowest BCUT2D eigenvalue weighted by molar-refractivity contribution is 0.102. The number of hydrogen-bond acceptors (Lipinski definition) is 6. The van der Waals surface area contributed by atoms with E-state index in [0.29, 0.717) is 10.7 Å². The minimum absolute atomic E-state index is 0.198. The maximum Gasteiger partial charge on any atom is 0.257 e. The van der Waals surface area contributed by atoms with Crippen LogP contribution in [0.1, 0.15) is 21.5 Å². The summed E-state index contributed by atoms with van der Waals surface area (Å²) in [6.45, 7) is 4.16. The average molecular weight is 366 g/mol. The minimum Gasteiger partial charge on any atom is -0.298 e. The van der Waals surface area contributed by atoms with E-state index in [0.717, 1.165) is 34.0 Å². The Kier molecular flexibility index (Phi) is 4.03. The number of nitrogens with zero attached hydrogens (tertiary/aromatic N) is 3. The number of hydrogen-bond donors (Lipinski definition) is 1. The molecule has 4 aromatic rings. The molecule has 0 atom stereocenters. The molecule has 1 amide bonds. The fourth-order valence-corrected chi connectivity index (χ4v) is 3.69. The molecule has 0 saturated carbocycles. The Bertz CT molecular complexity index is 1080. The van der Waals surface area contributed by atoms with Gasteiger partial charge in [0, 0.05) is 16.5 Å². The predicted molar refractivity (Wildman–Crippen MR) is 102 cm³/mol. The topological polar surface area (TPSA) is 67.8 Å². The van der Waals surface area contributed by atoms with Crippen LogP contribution >= 0.6 is 23.1 Å². The van der Waals surface area contributed by atoms with E-state index in [1.54, 1.807) is 18.2 Å². The fraction of sp³-hybridized carbons (Fsp3) is 0.111. The van der Waals surface area contributed by atoms with Crippen molar-refractivity contribution in [1.29, 1.82) is 0 Å². The number of anilines is 1. The van der Waals surface area contributed by atoms with Crippen LogP contribution in [0.5, 0.6) is 0 Å². The highest BCUT2D eigenvalue weighted by atomic mass is 32.1. The normalized spacial score (nSPS) is 11.0. The molecule has 0 fully saturated rings. The van der Waals surface area contributed by atoms with Crippen LogP contribution < -0.4 is 5.32 Å². The van der Waals surface area contributed by atoms with Crippen LogP contribution in [-0.4, -0.2) is 19.6 Å². The molecule has 0 bridgehead atoms. The molecule has 5 nitrogen and oxygen atoms in total. The summed E-state index contributed by atoms with van der Waals surface area (Å²) >= 11 is 2.55. The van der Waals surface area contributed by atoms with E-state index < -0.39 is 0 Å². The summed E-state index contributed by atoms with van der Waals surface area (Å²) in [4.78, 5) is 17.0. The van der Waals surface area contributed by atoms with Crippen molar-refractivity contribution in [2.75, 3.05) is 5.32 Å². The van der Waals surface area contributed by atoms with Gasteiger partial charge in [-0.3, -0.25) is 10.1 Å². The highest BCUT2D eigenvalue weighted by Gasteiger charge is 2.12. The summed E-state index contributed by atoms with van der Waals surface area (Å²) in [5, 5.41) is 5.39. The van der Waals surface area contributed by atoms with Crippen molar-refractivity contribution in [3.05, 3.63) is 58.5 Å². The van der Waals surface area contributed by atoms with Crippen molar-refractivity contribution >= 4 is 45.1 Å². The number of aromatic nitrogens is 3.